The fourth-order valence-electron chi connectivity index (χ4n) is 2.95. The summed E-state index contributed by atoms with van der Waals surface area (Å²) in [5.74, 6) is -0.216. The summed E-state index contributed by atoms with van der Waals surface area (Å²) in [5.41, 5.74) is 2.33. The fraction of sp³-hybridized carbons (Fsp3) is 0.0952. The highest BCUT2D eigenvalue weighted by molar-refractivity contribution is 6.02. The molecule has 4 heteroatoms. The van der Waals surface area contributed by atoms with Crippen LogP contribution in [0.15, 0.2) is 60.7 Å². The van der Waals surface area contributed by atoms with Gasteiger partial charge >= 0.3 is 0 Å². The number of benzene rings is 3. The fourth-order valence-corrected chi connectivity index (χ4v) is 2.95. The van der Waals surface area contributed by atoms with Gasteiger partial charge in [0.25, 0.3) is 5.91 Å². The lowest BCUT2D eigenvalue weighted by atomic mass is 9.99. The Labute approximate surface area is 145 Å². The molecule has 0 fully saturated rings. The highest BCUT2D eigenvalue weighted by atomic mass is 16.2. The number of hydrogen-bond acceptors (Lipinski definition) is 3. The summed E-state index contributed by atoms with van der Waals surface area (Å²) in [6.07, 6.45) is 1.52. The van der Waals surface area contributed by atoms with Crippen LogP contribution in [0.3, 0.4) is 0 Å². The zero-order chi connectivity index (χ0) is 17.8. The minimum absolute atomic E-state index is 0.216. The van der Waals surface area contributed by atoms with Crippen molar-refractivity contribution in [3.8, 4) is 0 Å². The standard InChI is InChI=1S/C21H17NO3/c1-22(21(25)20-9-3-2-6-16(20)13-23)12-15-10-11-17(14-24)19-8-5-4-7-18(15)19/h2-11,13-14H,12H2,1H3. The number of amides is 1. The summed E-state index contributed by atoms with van der Waals surface area (Å²) in [7, 11) is 1.70. The molecule has 0 saturated carbocycles. The van der Waals surface area contributed by atoms with Gasteiger partial charge in [0.15, 0.2) is 12.6 Å². The zero-order valence-corrected chi connectivity index (χ0v) is 13.8. The molecule has 4 nitrogen and oxygen atoms in total. The number of rotatable bonds is 5. The first-order chi connectivity index (χ1) is 12.2. The zero-order valence-electron chi connectivity index (χ0n) is 13.8. The minimum atomic E-state index is -0.216. The van der Waals surface area contributed by atoms with E-state index in [0.29, 0.717) is 29.5 Å². The summed E-state index contributed by atoms with van der Waals surface area (Å²) in [6, 6.07) is 18.0. The van der Waals surface area contributed by atoms with E-state index in [1.54, 1.807) is 42.3 Å². The van der Waals surface area contributed by atoms with E-state index in [0.717, 1.165) is 22.6 Å². The maximum atomic E-state index is 12.7. The van der Waals surface area contributed by atoms with E-state index >= 15 is 0 Å². The number of carbonyl (C=O) groups excluding carboxylic acids is 3. The molecular weight excluding hydrogens is 314 g/mol. The highest BCUT2D eigenvalue weighted by Gasteiger charge is 2.16. The topological polar surface area (TPSA) is 54.5 Å². The van der Waals surface area contributed by atoms with Gasteiger partial charge < -0.3 is 4.90 Å². The van der Waals surface area contributed by atoms with Gasteiger partial charge in [0, 0.05) is 24.7 Å². The molecule has 0 aliphatic rings. The first-order valence-electron chi connectivity index (χ1n) is 7.91. The van der Waals surface area contributed by atoms with Gasteiger partial charge in [-0.2, -0.15) is 0 Å². The molecule has 3 aromatic rings. The van der Waals surface area contributed by atoms with Crippen molar-refractivity contribution in [3.63, 3.8) is 0 Å². The molecule has 0 bridgehead atoms. The van der Waals surface area contributed by atoms with Crippen LogP contribution in [0.4, 0.5) is 0 Å². The van der Waals surface area contributed by atoms with Gasteiger partial charge in [-0.3, -0.25) is 14.4 Å². The number of aldehydes is 2. The summed E-state index contributed by atoms with van der Waals surface area (Å²) in [4.78, 5) is 36.6. The maximum Gasteiger partial charge on any atom is 0.254 e. The van der Waals surface area contributed by atoms with Crippen LogP contribution in [-0.2, 0) is 6.54 Å². The molecule has 0 heterocycles. The van der Waals surface area contributed by atoms with Crippen LogP contribution >= 0.6 is 0 Å². The first-order valence-corrected chi connectivity index (χ1v) is 7.91. The summed E-state index contributed by atoms with van der Waals surface area (Å²) in [5, 5.41) is 1.81. The van der Waals surface area contributed by atoms with Gasteiger partial charge in [-0.25, -0.2) is 0 Å². The Morgan fingerprint density at radius 3 is 2.20 bits per heavy atom. The maximum absolute atomic E-state index is 12.7. The molecule has 0 aliphatic carbocycles. The minimum Gasteiger partial charge on any atom is -0.337 e. The van der Waals surface area contributed by atoms with Crippen molar-refractivity contribution >= 4 is 29.3 Å². The van der Waals surface area contributed by atoms with E-state index in [9.17, 15) is 14.4 Å². The van der Waals surface area contributed by atoms with Crippen molar-refractivity contribution < 1.29 is 14.4 Å². The molecule has 0 aromatic heterocycles. The quantitative estimate of drug-likeness (QED) is 0.669. The summed E-state index contributed by atoms with van der Waals surface area (Å²) < 4.78 is 0. The van der Waals surface area contributed by atoms with E-state index in [2.05, 4.69) is 0 Å². The Balaban J connectivity index is 1.95. The number of hydrogen-bond donors (Lipinski definition) is 0. The molecule has 0 aliphatic heterocycles. The van der Waals surface area contributed by atoms with Crippen molar-refractivity contribution in [2.75, 3.05) is 7.05 Å². The van der Waals surface area contributed by atoms with Crippen molar-refractivity contribution in [3.05, 3.63) is 82.9 Å². The van der Waals surface area contributed by atoms with Gasteiger partial charge in [0.2, 0.25) is 0 Å². The SMILES string of the molecule is CN(Cc1ccc(C=O)c2ccccc12)C(=O)c1ccccc1C=O. The van der Waals surface area contributed by atoms with Crippen LogP contribution < -0.4 is 0 Å². The van der Waals surface area contributed by atoms with E-state index in [1.807, 2.05) is 30.3 Å². The predicted octanol–water partition coefficient (Wildman–Crippen LogP) is 3.74. The number of fused-ring (bicyclic) bond motifs is 1. The third-order valence-corrected chi connectivity index (χ3v) is 4.25. The lowest BCUT2D eigenvalue weighted by molar-refractivity contribution is 0.0782. The van der Waals surface area contributed by atoms with Gasteiger partial charge in [-0.15, -0.1) is 0 Å². The van der Waals surface area contributed by atoms with E-state index in [1.165, 1.54) is 0 Å². The van der Waals surface area contributed by atoms with Crippen LogP contribution in [0.25, 0.3) is 10.8 Å². The Kier molecular flexibility index (Phi) is 4.70. The Morgan fingerprint density at radius 2 is 1.48 bits per heavy atom. The van der Waals surface area contributed by atoms with E-state index in [-0.39, 0.29) is 5.91 Å². The average molecular weight is 331 g/mol. The third-order valence-electron chi connectivity index (χ3n) is 4.25. The van der Waals surface area contributed by atoms with Gasteiger partial charge in [-0.05, 0) is 22.4 Å². The highest BCUT2D eigenvalue weighted by Crippen LogP contribution is 2.23. The number of carbonyl (C=O) groups is 3. The van der Waals surface area contributed by atoms with E-state index in [4.69, 9.17) is 0 Å². The second kappa shape index (κ2) is 7.09. The van der Waals surface area contributed by atoms with Crippen LogP contribution in [0.1, 0.15) is 36.6 Å². The molecule has 0 radical (unpaired) electrons. The molecule has 0 N–H and O–H groups in total. The monoisotopic (exact) mass is 331 g/mol. The van der Waals surface area contributed by atoms with Crippen LogP contribution in [0.2, 0.25) is 0 Å². The second-order valence-corrected chi connectivity index (χ2v) is 5.84. The first kappa shape index (κ1) is 16.6. The third kappa shape index (κ3) is 3.19. The number of nitrogens with zero attached hydrogens (tertiary/aromatic N) is 1. The van der Waals surface area contributed by atoms with E-state index < -0.39 is 0 Å². The predicted molar refractivity (Wildman–Crippen MR) is 97.0 cm³/mol. The van der Waals surface area contributed by atoms with Crippen molar-refractivity contribution in [2.24, 2.45) is 0 Å². The van der Waals surface area contributed by atoms with Crippen LogP contribution in [0, 0.1) is 0 Å². The lowest BCUT2D eigenvalue weighted by Crippen LogP contribution is -2.27. The Bertz CT molecular complexity index is 962. The molecule has 25 heavy (non-hydrogen) atoms. The second-order valence-electron chi connectivity index (χ2n) is 5.84. The Hall–Kier alpha value is -3.27. The summed E-state index contributed by atoms with van der Waals surface area (Å²) in [6.45, 7) is 0.381. The molecule has 1 amide bonds. The largest absolute Gasteiger partial charge is 0.337 e. The Morgan fingerprint density at radius 1 is 0.840 bits per heavy atom. The molecule has 0 spiro atoms. The summed E-state index contributed by atoms with van der Waals surface area (Å²) >= 11 is 0. The van der Waals surface area contributed by atoms with Crippen molar-refractivity contribution in [1.82, 2.24) is 4.90 Å². The smallest absolute Gasteiger partial charge is 0.254 e. The van der Waals surface area contributed by atoms with Crippen LogP contribution in [0.5, 0.6) is 0 Å². The van der Waals surface area contributed by atoms with Gasteiger partial charge in [0.1, 0.15) is 0 Å². The van der Waals surface area contributed by atoms with Crippen molar-refractivity contribution in [1.29, 1.82) is 0 Å². The average Bonchev–Trinajstić information content (AvgIpc) is 2.67. The van der Waals surface area contributed by atoms with Crippen LogP contribution in [-0.4, -0.2) is 30.4 Å². The molecule has 3 rings (SSSR count). The molecule has 3 aromatic carbocycles. The molecular formula is C21H17NO3. The normalized spacial score (nSPS) is 10.4. The van der Waals surface area contributed by atoms with Crippen molar-refractivity contribution in [2.45, 2.75) is 6.54 Å². The molecule has 0 unspecified atom stereocenters. The molecule has 124 valence electrons. The lowest BCUT2D eigenvalue weighted by Gasteiger charge is -2.19. The molecule has 0 atom stereocenters. The van der Waals surface area contributed by atoms with Gasteiger partial charge in [0.05, 0.1) is 5.56 Å². The molecule has 0 saturated heterocycles. The van der Waals surface area contributed by atoms with Gasteiger partial charge in [-0.1, -0.05) is 54.6 Å².